The highest BCUT2D eigenvalue weighted by atomic mass is 32.2. The zero-order chi connectivity index (χ0) is 22.1. The monoisotopic (exact) mass is 439 g/mol. The van der Waals surface area contributed by atoms with Gasteiger partial charge < -0.3 is 14.4 Å². The molecule has 0 bridgehead atoms. The summed E-state index contributed by atoms with van der Waals surface area (Å²) in [5.41, 5.74) is 0.946. The zero-order valence-electron chi connectivity index (χ0n) is 18.4. The zero-order valence-corrected chi connectivity index (χ0v) is 19.2. The number of morpholine rings is 1. The van der Waals surface area contributed by atoms with Gasteiger partial charge in [0.25, 0.3) is 0 Å². The molecule has 9 heteroatoms. The van der Waals surface area contributed by atoms with Crippen molar-refractivity contribution in [3.05, 3.63) is 23.8 Å². The highest BCUT2D eigenvalue weighted by Gasteiger charge is 2.39. The van der Waals surface area contributed by atoms with E-state index in [1.165, 1.54) is 7.11 Å². The lowest BCUT2D eigenvalue weighted by Gasteiger charge is -2.35. The van der Waals surface area contributed by atoms with Crippen molar-refractivity contribution in [3.63, 3.8) is 0 Å². The third-order valence-electron chi connectivity index (χ3n) is 5.86. The normalized spacial score (nSPS) is 24.7. The van der Waals surface area contributed by atoms with Crippen LogP contribution < -0.4 is 9.46 Å². The highest BCUT2D eigenvalue weighted by Crippen LogP contribution is 2.30. The predicted octanol–water partition coefficient (Wildman–Crippen LogP) is 1.42. The average molecular weight is 440 g/mol. The summed E-state index contributed by atoms with van der Waals surface area (Å²) >= 11 is 0. The first kappa shape index (κ1) is 23.0. The molecule has 0 aromatic heterocycles. The molecule has 0 radical (unpaired) electrons. The molecule has 2 fully saturated rings. The van der Waals surface area contributed by atoms with Gasteiger partial charge in [-0.3, -0.25) is 9.69 Å². The van der Waals surface area contributed by atoms with Crippen LogP contribution >= 0.6 is 0 Å². The van der Waals surface area contributed by atoms with E-state index >= 15 is 0 Å². The topological polar surface area (TPSA) is 88.2 Å². The van der Waals surface area contributed by atoms with Crippen LogP contribution in [0.2, 0.25) is 0 Å². The lowest BCUT2D eigenvalue weighted by molar-refractivity contribution is -0.134. The van der Waals surface area contributed by atoms with Crippen molar-refractivity contribution in [2.45, 2.75) is 55.7 Å². The van der Waals surface area contributed by atoms with Crippen LogP contribution in [0.5, 0.6) is 5.75 Å². The van der Waals surface area contributed by atoms with Crippen LogP contribution in [0.4, 0.5) is 0 Å². The van der Waals surface area contributed by atoms with Crippen LogP contribution in [-0.2, 0) is 19.6 Å². The van der Waals surface area contributed by atoms with Gasteiger partial charge in [0.15, 0.2) is 0 Å². The molecule has 1 aromatic carbocycles. The molecule has 30 heavy (non-hydrogen) atoms. The molecule has 1 amide bonds. The molecule has 0 unspecified atom stereocenters. The molecule has 1 N–H and O–H groups in total. The number of carbonyl (C=O) groups excluding carboxylic acids is 1. The van der Waals surface area contributed by atoms with E-state index in [1.807, 2.05) is 19.9 Å². The van der Waals surface area contributed by atoms with Crippen LogP contribution in [0.25, 0.3) is 0 Å². The smallest absolute Gasteiger partial charge is 0.244 e. The van der Waals surface area contributed by atoms with Crippen molar-refractivity contribution in [2.24, 2.45) is 0 Å². The lowest BCUT2D eigenvalue weighted by Crippen LogP contribution is -2.47. The summed E-state index contributed by atoms with van der Waals surface area (Å²) in [4.78, 5) is 15.9. The maximum Gasteiger partial charge on any atom is 0.244 e. The number of nitrogens with one attached hydrogen (secondary N) is 1. The number of methoxy groups -OCH3 is 1. The second-order valence-electron chi connectivity index (χ2n) is 8.67. The maximum atomic E-state index is 13.1. The Morgan fingerprint density at radius 3 is 2.70 bits per heavy atom. The summed E-state index contributed by atoms with van der Waals surface area (Å²) in [6, 6.07) is 5.25. The molecular weight excluding hydrogens is 406 g/mol. The molecule has 3 rings (SSSR count). The Bertz CT molecular complexity index is 871. The summed E-state index contributed by atoms with van der Waals surface area (Å²) in [6.45, 7) is 5.80. The summed E-state index contributed by atoms with van der Waals surface area (Å²) in [6.07, 6.45) is 0.861. The van der Waals surface area contributed by atoms with Crippen molar-refractivity contribution in [1.82, 2.24) is 14.5 Å². The van der Waals surface area contributed by atoms with Gasteiger partial charge in [-0.05, 0) is 30.0 Å². The van der Waals surface area contributed by atoms with Crippen molar-refractivity contribution in [2.75, 3.05) is 40.9 Å². The number of sulfonamides is 1. The minimum Gasteiger partial charge on any atom is -0.495 e. The number of carbonyl (C=O) groups is 1. The van der Waals surface area contributed by atoms with E-state index in [-0.39, 0.29) is 34.9 Å². The number of nitrogens with zero attached hydrogens (tertiary/aromatic N) is 2. The van der Waals surface area contributed by atoms with Crippen molar-refractivity contribution in [1.29, 1.82) is 0 Å². The molecule has 2 saturated heterocycles. The maximum absolute atomic E-state index is 13.1. The number of amides is 1. The summed E-state index contributed by atoms with van der Waals surface area (Å²) in [5, 5.41) is 0. The Morgan fingerprint density at radius 1 is 1.33 bits per heavy atom. The van der Waals surface area contributed by atoms with Gasteiger partial charge in [0, 0.05) is 39.3 Å². The van der Waals surface area contributed by atoms with Gasteiger partial charge in [0.1, 0.15) is 10.6 Å². The fourth-order valence-electron chi connectivity index (χ4n) is 4.07. The molecule has 0 aliphatic carbocycles. The minimum absolute atomic E-state index is 0.0343. The first-order chi connectivity index (χ1) is 14.1. The van der Waals surface area contributed by atoms with Crippen molar-refractivity contribution >= 4 is 15.9 Å². The minimum atomic E-state index is -3.73. The van der Waals surface area contributed by atoms with E-state index in [0.717, 1.165) is 5.56 Å². The van der Waals surface area contributed by atoms with Gasteiger partial charge in [-0.15, -0.1) is 0 Å². The number of fused-ring (bicyclic) bond motifs is 1. The number of rotatable bonds is 7. The molecule has 2 aliphatic rings. The van der Waals surface area contributed by atoms with E-state index in [1.54, 1.807) is 31.1 Å². The van der Waals surface area contributed by atoms with Gasteiger partial charge >= 0.3 is 0 Å². The third-order valence-corrected chi connectivity index (χ3v) is 7.40. The van der Waals surface area contributed by atoms with E-state index < -0.39 is 10.0 Å². The molecule has 0 spiro atoms. The van der Waals surface area contributed by atoms with Gasteiger partial charge in [-0.25, -0.2) is 13.1 Å². The molecule has 0 saturated carbocycles. The summed E-state index contributed by atoms with van der Waals surface area (Å²) < 4.78 is 40.3. The highest BCUT2D eigenvalue weighted by molar-refractivity contribution is 7.89. The summed E-state index contributed by atoms with van der Waals surface area (Å²) in [5.74, 6) is 0.588. The molecule has 2 aliphatic heterocycles. The molecule has 168 valence electrons. The van der Waals surface area contributed by atoms with Gasteiger partial charge in [0.2, 0.25) is 15.9 Å². The van der Waals surface area contributed by atoms with Crippen LogP contribution in [-0.4, -0.2) is 83.2 Å². The first-order valence-corrected chi connectivity index (χ1v) is 11.8. The second-order valence-corrected chi connectivity index (χ2v) is 10.4. The third kappa shape index (κ3) is 5.14. The van der Waals surface area contributed by atoms with Gasteiger partial charge in [0.05, 0.1) is 26.2 Å². The SMILES string of the molecule is COc1ccc(C(C)C)cc1S(=O)(=O)N[C@@H]1C[C@H]2CO[C@@H](CC(=O)N(C)C)CN2C1. The fraction of sp³-hybridized carbons (Fsp3) is 0.667. The van der Waals surface area contributed by atoms with Crippen molar-refractivity contribution in [3.8, 4) is 5.75 Å². The number of benzene rings is 1. The Kier molecular flexibility index (Phi) is 7.06. The molecule has 1 aromatic rings. The predicted molar refractivity (Wildman–Crippen MR) is 114 cm³/mol. The number of hydrogen-bond donors (Lipinski definition) is 1. The van der Waals surface area contributed by atoms with Gasteiger partial charge in [-0.1, -0.05) is 19.9 Å². The Hall–Kier alpha value is -1.68. The Labute approximate surface area is 179 Å². The van der Waals surface area contributed by atoms with Crippen molar-refractivity contribution < 1.29 is 22.7 Å². The molecule has 2 heterocycles. The second kappa shape index (κ2) is 9.21. The fourth-order valence-corrected chi connectivity index (χ4v) is 5.52. The molecule has 3 atom stereocenters. The largest absolute Gasteiger partial charge is 0.495 e. The quantitative estimate of drug-likeness (QED) is 0.691. The van der Waals surface area contributed by atoms with Crippen LogP contribution in [0.1, 0.15) is 38.2 Å². The number of hydrogen-bond acceptors (Lipinski definition) is 6. The number of ether oxygens (including phenoxy) is 2. The average Bonchev–Trinajstić information content (AvgIpc) is 3.07. The van der Waals surface area contributed by atoms with Crippen LogP contribution in [0.3, 0.4) is 0 Å². The van der Waals surface area contributed by atoms with Crippen LogP contribution in [0.15, 0.2) is 23.1 Å². The lowest BCUT2D eigenvalue weighted by atomic mass is 10.0. The molecular formula is C21H33N3O5S. The first-order valence-electron chi connectivity index (χ1n) is 10.4. The van der Waals surface area contributed by atoms with E-state index in [4.69, 9.17) is 9.47 Å². The van der Waals surface area contributed by atoms with E-state index in [0.29, 0.717) is 38.3 Å². The van der Waals surface area contributed by atoms with Gasteiger partial charge in [-0.2, -0.15) is 0 Å². The van der Waals surface area contributed by atoms with E-state index in [9.17, 15) is 13.2 Å². The summed E-state index contributed by atoms with van der Waals surface area (Å²) in [7, 11) is 1.21. The van der Waals surface area contributed by atoms with Crippen LogP contribution in [0, 0.1) is 0 Å². The Balaban J connectivity index is 1.68. The molecule has 8 nitrogen and oxygen atoms in total. The standard InChI is InChI=1S/C21H33N3O5S/c1-14(2)15-6-7-19(28-5)20(8-15)30(26,27)22-16-9-17-13-29-18(12-24(17)11-16)10-21(25)23(3)4/h6-8,14,16-18,22H,9-13H2,1-5H3/t16-,17+,18+/m1/s1. The van der Waals surface area contributed by atoms with E-state index in [2.05, 4.69) is 9.62 Å². The Morgan fingerprint density at radius 2 is 2.07 bits per heavy atom.